The smallest absolute Gasteiger partial charge is 0.134 e. The Bertz CT molecular complexity index is 116. The normalized spacial score (nSPS) is 25.7. The van der Waals surface area contributed by atoms with Crippen LogP contribution in [0.25, 0.3) is 0 Å². The summed E-state index contributed by atoms with van der Waals surface area (Å²) >= 11 is 0. The van der Waals surface area contributed by atoms with Gasteiger partial charge in [0.1, 0.15) is 5.78 Å². The van der Waals surface area contributed by atoms with E-state index in [1.807, 2.05) is 7.05 Å². The molecule has 0 aromatic heterocycles. The van der Waals surface area contributed by atoms with Crippen LogP contribution in [-0.2, 0) is 4.79 Å². The molecule has 60 valence electrons. The molecular formula is C7H14ClNO. The molecule has 1 rings (SSSR count). The molecule has 1 aliphatic rings. The highest BCUT2D eigenvalue weighted by atomic mass is 35.5. The lowest BCUT2D eigenvalue weighted by molar-refractivity contribution is -0.120. The maximum absolute atomic E-state index is 10.8. The number of halogens is 1. The predicted octanol–water partition coefficient (Wildman–Crippen LogP) is 1.14. The van der Waals surface area contributed by atoms with Crippen molar-refractivity contribution in [2.24, 2.45) is 0 Å². The first-order valence-electron chi connectivity index (χ1n) is 3.52. The number of carbonyl (C=O) groups excluding carboxylic acids is 1. The summed E-state index contributed by atoms with van der Waals surface area (Å²) in [5, 5.41) is 3.11. The molecule has 0 radical (unpaired) electrons. The fourth-order valence-corrected chi connectivity index (χ4v) is 1.27. The molecule has 1 fully saturated rings. The van der Waals surface area contributed by atoms with Crippen LogP contribution in [0, 0.1) is 0 Å². The average molecular weight is 164 g/mol. The number of hydrogen-bond donors (Lipinski definition) is 1. The lowest BCUT2D eigenvalue weighted by atomic mass is 9.95. The Morgan fingerprint density at radius 2 is 2.30 bits per heavy atom. The second kappa shape index (κ2) is 4.69. The molecule has 1 aliphatic carbocycles. The van der Waals surface area contributed by atoms with Gasteiger partial charge in [0.2, 0.25) is 0 Å². The second-order valence-electron chi connectivity index (χ2n) is 2.62. The summed E-state index contributed by atoms with van der Waals surface area (Å²) < 4.78 is 0. The number of carbonyl (C=O) groups is 1. The largest absolute Gasteiger partial charge is 0.317 e. The van der Waals surface area contributed by atoms with Gasteiger partial charge in [-0.2, -0.15) is 0 Å². The molecule has 10 heavy (non-hydrogen) atoms. The van der Waals surface area contributed by atoms with Gasteiger partial charge in [0, 0.05) is 18.9 Å². The summed E-state index contributed by atoms with van der Waals surface area (Å²) in [6.07, 6.45) is 3.79. The van der Waals surface area contributed by atoms with Crippen LogP contribution < -0.4 is 5.32 Å². The van der Waals surface area contributed by atoms with Crippen molar-refractivity contribution >= 4 is 18.2 Å². The van der Waals surface area contributed by atoms with Crippen LogP contribution in [-0.4, -0.2) is 18.9 Å². The Hall–Kier alpha value is -0.0800. The van der Waals surface area contributed by atoms with Gasteiger partial charge in [-0.3, -0.25) is 4.79 Å². The Kier molecular flexibility index (Phi) is 4.65. The number of hydrogen-bond acceptors (Lipinski definition) is 2. The summed E-state index contributed by atoms with van der Waals surface area (Å²) in [5.74, 6) is 0.417. The summed E-state index contributed by atoms with van der Waals surface area (Å²) in [6.45, 7) is 0. The summed E-state index contributed by atoms with van der Waals surface area (Å²) in [5.41, 5.74) is 0. The number of ketones is 1. The van der Waals surface area contributed by atoms with Crippen LogP contribution in [0.3, 0.4) is 0 Å². The molecule has 3 heteroatoms. The summed E-state index contributed by atoms with van der Waals surface area (Å²) in [7, 11) is 1.92. The molecule has 0 amide bonds. The highest BCUT2D eigenvalue weighted by Crippen LogP contribution is 2.13. The third-order valence-corrected chi connectivity index (χ3v) is 1.89. The first-order valence-corrected chi connectivity index (χ1v) is 3.52. The molecule has 2 nitrogen and oxygen atoms in total. The number of Topliss-reactive ketones (excluding diaryl/α,β-unsaturated/α-hetero) is 1. The molecular weight excluding hydrogens is 150 g/mol. The van der Waals surface area contributed by atoms with Crippen molar-refractivity contribution in [2.75, 3.05) is 7.05 Å². The topological polar surface area (TPSA) is 29.1 Å². The van der Waals surface area contributed by atoms with Gasteiger partial charge in [0.25, 0.3) is 0 Å². The highest BCUT2D eigenvalue weighted by molar-refractivity contribution is 5.85. The third kappa shape index (κ3) is 2.67. The van der Waals surface area contributed by atoms with Gasteiger partial charge in [-0.1, -0.05) is 0 Å². The Labute approximate surface area is 67.8 Å². The van der Waals surface area contributed by atoms with Crippen molar-refractivity contribution in [3.8, 4) is 0 Å². The van der Waals surface area contributed by atoms with Crippen molar-refractivity contribution in [1.82, 2.24) is 5.32 Å². The molecule has 0 aliphatic heterocycles. The van der Waals surface area contributed by atoms with Gasteiger partial charge in [0.15, 0.2) is 0 Å². The Morgan fingerprint density at radius 3 is 2.70 bits per heavy atom. The first-order chi connectivity index (χ1) is 4.33. The average Bonchev–Trinajstić information content (AvgIpc) is 1.88. The predicted molar refractivity (Wildman–Crippen MR) is 43.6 cm³/mol. The van der Waals surface area contributed by atoms with E-state index in [9.17, 15) is 4.79 Å². The van der Waals surface area contributed by atoms with Crippen molar-refractivity contribution in [2.45, 2.75) is 31.7 Å². The molecule has 0 saturated heterocycles. The minimum absolute atomic E-state index is 0. The Morgan fingerprint density at radius 1 is 1.60 bits per heavy atom. The van der Waals surface area contributed by atoms with Crippen molar-refractivity contribution in [1.29, 1.82) is 0 Å². The zero-order valence-corrected chi connectivity index (χ0v) is 7.04. The molecule has 1 saturated carbocycles. The van der Waals surface area contributed by atoms with Crippen LogP contribution >= 0.6 is 12.4 Å². The molecule has 1 atom stereocenters. The van der Waals surface area contributed by atoms with E-state index in [2.05, 4.69) is 5.32 Å². The van der Waals surface area contributed by atoms with E-state index < -0.39 is 0 Å². The summed E-state index contributed by atoms with van der Waals surface area (Å²) in [6, 6.07) is 0.464. The zero-order valence-electron chi connectivity index (χ0n) is 6.22. The second-order valence-corrected chi connectivity index (χ2v) is 2.62. The third-order valence-electron chi connectivity index (χ3n) is 1.89. The van der Waals surface area contributed by atoms with Crippen LogP contribution in [0.4, 0.5) is 0 Å². The minimum Gasteiger partial charge on any atom is -0.317 e. The van der Waals surface area contributed by atoms with Gasteiger partial charge in [-0.15, -0.1) is 12.4 Å². The summed E-state index contributed by atoms with van der Waals surface area (Å²) in [4.78, 5) is 10.8. The van der Waals surface area contributed by atoms with E-state index in [4.69, 9.17) is 0 Å². The van der Waals surface area contributed by atoms with Gasteiger partial charge in [-0.05, 0) is 19.9 Å². The van der Waals surface area contributed by atoms with E-state index in [-0.39, 0.29) is 12.4 Å². The molecule has 0 bridgehead atoms. The first kappa shape index (κ1) is 9.92. The monoisotopic (exact) mass is 163 g/mol. The minimum atomic E-state index is 0. The van der Waals surface area contributed by atoms with Gasteiger partial charge in [-0.25, -0.2) is 0 Å². The van der Waals surface area contributed by atoms with Crippen LogP contribution in [0.1, 0.15) is 25.7 Å². The lowest BCUT2D eigenvalue weighted by Gasteiger charge is -2.19. The molecule has 0 aromatic carbocycles. The lowest BCUT2D eigenvalue weighted by Crippen LogP contribution is -2.31. The van der Waals surface area contributed by atoms with E-state index >= 15 is 0 Å². The van der Waals surface area contributed by atoms with Gasteiger partial charge < -0.3 is 5.32 Å². The van der Waals surface area contributed by atoms with E-state index in [1.54, 1.807) is 0 Å². The van der Waals surface area contributed by atoms with E-state index in [0.717, 1.165) is 19.3 Å². The highest BCUT2D eigenvalue weighted by Gasteiger charge is 2.16. The van der Waals surface area contributed by atoms with Crippen LogP contribution in [0.2, 0.25) is 0 Å². The molecule has 0 heterocycles. The van der Waals surface area contributed by atoms with Crippen molar-refractivity contribution in [3.63, 3.8) is 0 Å². The number of rotatable bonds is 1. The standard InChI is InChI=1S/C7H13NO.ClH/c1-8-6-3-2-4-7(9)5-6;/h6,8H,2-5H2,1H3;1H. The fourth-order valence-electron chi connectivity index (χ4n) is 1.27. The fraction of sp³-hybridized carbons (Fsp3) is 0.857. The molecule has 1 N–H and O–H groups in total. The maximum atomic E-state index is 10.8. The number of nitrogens with one attached hydrogen (secondary N) is 1. The zero-order chi connectivity index (χ0) is 6.69. The molecule has 1 unspecified atom stereocenters. The van der Waals surface area contributed by atoms with Crippen molar-refractivity contribution in [3.05, 3.63) is 0 Å². The van der Waals surface area contributed by atoms with Gasteiger partial charge in [0.05, 0.1) is 0 Å². The Balaban J connectivity index is 0.000000810. The van der Waals surface area contributed by atoms with Crippen LogP contribution in [0.15, 0.2) is 0 Å². The van der Waals surface area contributed by atoms with Crippen LogP contribution in [0.5, 0.6) is 0 Å². The SMILES string of the molecule is CNC1CCCC(=O)C1.Cl. The maximum Gasteiger partial charge on any atom is 0.134 e. The quantitative estimate of drug-likeness (QED) is 0.628. The van der Waals surface area contributed by atoms with E-state index in [0.29, 0.717) is 11.8 Å². The van der Waals surface area contributed by atoms with E-state index in [1.165, 1.54) is 6.42 Å². The molecule has 0 aromatic rings. The molecule has 0 spiro atoms. The van der Waals surface area contributed by atoms with Crippen molar-refractivity contribution < 1.29 is 4.79 Å². The van der Waals surface area contributed by atoms with Gasteiger partial charge >= 0.3 is 0 Å².